The molecule has 0 saturated heterocycles. The molecule has 0 spiro atoms. The van der Waals surface area contributed by atoms with E-state index in [1.165, 1.54) is 0 Å². The molecule has 2 rings (SSSR count). The summed E-state index contributed by atoms with van der Waals surface area (Å²) in [7, 11) is 0. The fourth-order valence-corrected chi connectivity index (χ4v) is 2.29. The Balaban J connectivity index is 2.05. The Hall–Kier alpha value is -2.04. The smallest absolute Gasteiger partial charge is 0.412 e. The van der Waals surface area contributed by atoms with E-state index < -0.39 is 17.7 Å². The zero-order valence-electron chi connectivity index (χ0n) is 11.9. The molecule has 1 atom stereocenters. The Bertz CT molecular complexity index is 545. The van der Waals surface area contributed by atoms with E-state index in [2.05, 4.69) is 5.32 Å². The predicted molar refractivity (Wildman–Crippen MR) is 74.8 cm³/mol. The molecule has 1 aromatic rings. The van der Waals surface area contributed by atoms with Crippen LogP contribution in [0.3, 0.4) is 0 Å². The standard InChI is InChI=1S/C15H19NO4/c1-15(2,3)20-14(19)16-12-5-4-9-6-11(13(17)18)7-10(9)8-12/h4-5,8,11H,6-7H2,1-3H3,(H,16,19)(H,17,18). The highest BCUT2D eigenvalue weighted by Crippen LogP contribution is 2.29. The summed E-state index contributed by atoms with van der Waals surface area (Å²) in [6.07, 6.45) is 0.552. The third-order valence-electron chi connectivity index (χ3n) is 3.13. The summed E-state index contributed by atoms with van der Waals surface area (Å²) in [4.78, 5) is 22.7. The van der Waals surface area contributed by atoms with Crippen molar-refractivity contribution >= 4 is 17.7 Å². The van der Waals surface area contributed by atoms with Gasteiger partial charge in [-0.25, -0.2) is 4.79 Å². The number of carbonyl (C=O) groups excluding carboxylic acids is 1. The van der Waals surface area contributed by atoms with Crippen LogP contribution in [0.15, 0.2) is 18.2 Å². The van der Waals surface area contributed by atoms with Crippen LogP contribution in [0.1, 0.15) is 31.9 Å². The Morgan fingerprint density at radius 2 is 1.90 bits per heavy atom. The number of benzene rings is 1. The van der Waals surface area contributed by atoms with Gasteiger partial charge >= 0.3 is 12.1 Å². The number of hydrogen-bond acceptors (Lipinski definition) is 3. The lowest BCUT2D eigenvalue weighted by atomic mass is 10.1. The molecule has 1 unspecified atom stereocenters. The molecule has 0 aliphatic heterocycles. The van der Waals surface area contributed by atoms with E-state index in [0.717, 1.165) is 11.1 Å². The minimum absolute atomic E-state index is 0.359. The van der Waals surface area contributed by atoms with Crippen molar-refractivity contribution in [3.05, 3.63) is 29.3 Å². The summed E-state index contributed by atoms with van der Waals surface area (Å²) in [6, 6.07) is 5.46. The van der Waals surface area contributed by atoms with Crippen molar-refractivity contribution < 1.29 is 19.4 Å². The molecule has 108 valence electrons. The molecule has 20 heavy (non-hydrogen) atoms. The van der Waals surface area contributed by atoms with Gasteiger partial charge in [-0.05, 0) is 56.9 Å². The first-order valence-corrected chi connectivity index (χ1v) is 6.59. The average molecular weight is 277 g/mol. The molecule has 1 amide bonds. The molecule has 1 aliphatic carbocycles. The summed E-state index contributed by atoms with van der Waals surface area (Å²) >= 11 is 0. The molecule has 1 aromatic carbocycles. The van der Waals surface area contributed by atoms with Crippen molar-refractivity contribution in [3.8, 4) is 0 Å². The second-order valence-electron chi connectivity index (χ2n) is 6.05. The van der Waals surface area contributed by atoms with Crippen molar-refractivity contribution in [2.75, 3.05) is 5.32 Å². The number of carboxylic acid groups (broad SMARTS) is 1. The van der Waals surface area contributed by atoms with Crippen molar-refractivity contribution in [2.24, 2.45) is 5.92 Å². The van der Waals surface area contributed by atoms with E-state index in [0.29, 0.717) is 18.5 Å². The number of carbonyl (C=O) groups is 2. The fourth-order valence-electron chi connectivity index (χ4n) is 2.29. The van der Waals surface area contributed by atoms with Crippen LogP contribution >= 0.6 is 0 Å². The number of rotatable bonds is 2. The third-order valence-corrected chi connectivity index (χ3v) is 3.13. The largest absolute Gasteiger partial charge is 0.481 e. The highest BCUT2D eigenvalue weighted by Gasteiger charge is 2.27. The second kappa shape index (κ2) is 5.15. The summed E-state index contributed by atoms with van der Waals surface area (Å²) < 4.78 is 5.18. The number of ether oxygens (including phenoxy) is 1. The predicted octanol–water partition coefficient (Wildman–Crippen LogP) is 2.83. The van der Waals surface area contributed by atoms with Gasteiger partial charge in [0, 0.05) is 5.69 Å². The first-order chi connectivity index (χ1) is 9.24. The van der Waals surface area contributed by atoms with Gasteiger partial charge in [0.2, 0.25) is 0 Å². The Labute approximate surface area is 117 Å². The van der Waals surface area contributed by atoms with Gasteiger partial charge in [-0.3, -0.25) is 10.1 Å². The van der Waals surface area contributed by atoms with Gasteiger partial charge in [-0.15, -0.1) is 0 Å². The molecule has 5 heteroatoms. The van der Waals surface area contributed by atoms with Crippen molar-refractivity contribution in [1.29, 1.82) is 0 Å². The monoisotopic (exact) mass is 277 g/mol. The zero-order valence-corrected chi connectivity index (χ0v) is 11.9. The number of carboxylic acids is 1. The van der Waals surface area contributed by atoms with Crippen molar-refractivity contribution in [3.63, 3.8) is 0 Å². The number of amides is 1. The van der Waals surface area contributed by atoms with E-state index >= 15 is 0 Å². The van der Waals surface area contributed by atoms with Crippen LogP contribution in [0, 0.1) is 5.92 Å². The molecule has 0 aromatic heterocycles. The summed E-state index contributed by atoms with van der Waals surface area (Å²) in [5.74, 6) is -1.13. The lowest BCUT2D eigenvalue weighted by Crippen LogP contribution is -2.27. The third kappa shape index (κ3) is 3.50. The van der Waals surface area contributed by atoms with Crippen LogP contribution in [0.2, 0.25) is 0 Å². The minimum atomic E-state index is -0.775. The minimum Gasteiger partial charge on any atom is -0.481 e. The zero-order chi connectivity index (χ0) is 14.9. The van der Waals surface area contributed by atoms with Crippen LogP contribution in [0.4, 0.5) is 10.5 Å². The molecular formula is C15H19NO4. The summed E-state index contributed by atoms with van der Waals surface area (Å²) in [5.41, 5.74) is 2.09. The first kappa shape index (κ1) is 14.4. The number of nitrogens with one attached hydrogen (secondary N) is 1. The van der Waals surface area contributed by atoms with Crippen LogP contribution in [0.25, 0.3) is 0 Å². The maximum atomic E-state index is 11.7. The molecule has 2 N–H and O–H groups in total. The van der Waals surface area contributed by atoms with Gasteiger partial charge in [0.05, 0.1) is 5.92 Å². The fraction of sp³-hybridized carbons (Fsp3) is 0.467. The van der Waals surface area contributed by atoms with E-state index in [-0.39, 0.29) is 5.92 Å². The van der Waals surface area contributed by atoms with Gasteiger partial charge in [-0.1, -0.05) is 6.07 Å². The maximum Gasteiger partial charge on any atom is 0.412 e. The first-order valence-electron chi connectivity index (χ1n) is 6.59. The van der Waals surface area contributed by atoms with Gasteiger partial charge < -0.3 is 9.84 Å². The van der Waals surface area contributed by atoms with Gasteiger partial charge in [0.1, 0.15) is 5.60 Å². The van der Waals surface area contributed by atoms with Crippen LogP contribution in [-0.4, -0.2) is 22.8 Å². The molecule has 0 saturated carbocycles. The van der Waals surface area contributed by atoms with Crippen molar-refractivity contribution in [2.45, 2.75) is 39.2 Å². The van der Waals surface area contributed by atoms with E-state index in [9.17, 15) is 9.59 Å². The highest BCUT2D eigenvalue weighted by molar-refractivity contribution is 5.85. The van der Waals surface area contributed by atoms with Crippen molar-refractivity contribution in [1.82, 2.24) is 0 Å². The second-order valence-corrected chi connectivity index (χ2v) is 6.05. The molecule has 1 aliphatic rings. The molecule has 0 bridgehead atoms. The van der Waals surface area contributed by atoms with Gasteiger partial charge in [-0.2, -0.15) is 0 Å². The Morgan fingerprint density at radius 1 is 1.25 bits per heavy atom. The van der Waals surface area contributed by atoms with Crippen LogP contribution in [-0.2, 0) is 22.4 Å². The topological polar surface area (TPSA) is 75.6 Å². The summed E-state index contributed by atoms with van der Waals surface area (Å²) in [6.45, 7) is 5.40. The Kier molecular flexibility index (Phi) is 3.70. The number of anilines is 1. The van der Waals surface area contributed by atoms with Crippen LogP contribution in [0.5, 0.6) is 0 Å². The normalized spacial score (nSPS) is 17.4. The molecule has 0 radical (unpaired) electrons. The highest BCUT2D eigenvalue weighted by atomic mass is 16.6. The number of fused-ring (bicyclic) bond motifs is 1. The molecule has 5 nitrogen and oxygen atoms in total. The number of hydrogen-bond donors (Lipinski definition) is 2. The molecular weight excluding hydrogens is 258 g/mol. The average Bonchev–Trinajstić information content (AvgIpc) is 2.69. The lowest BCUT2D eigenvalue weighted by Gasteiger charge is -2.19. The van der Waals surface area contributed by atoms with E-state index in [1.807, 2.05) is 12.1 Å². The Morgan fingerprint density at radius 3 is 2.50 bits per heavy atom. The molecule has 0 heterocycles. The molecule has 0 fully saturated rings. The quantitative estimate of drug-likeness (QED) is 0.871. The van der Waals surface area contributed by atoms with Crippen LogP contribution < -0.4 is 5.32 Å². The SMILES string of the molecule is CC(C)(C)OC(=O)Nc1ccc2c(c1)CC(C(=O)O)C2. The van der Waals surface area contributed by atoms with Gasteiger partial charge in [0.15, 0.2) is 0 Å². The lowest BCUT2D eigenvalue weighted by molar-refractivity contribution is -0.141. The van der Waals surface area contributed by atoms with E-state index in [1.54, 1.807) is 26.8 Å². The summed E-state index contributed by atoms with van der Waals surface area (Å²) in [5, 5.41) is 11.7. The van der Waals surface area contributed by atoms with Gasteiger partial charge in [0.25, 0.3) is 0 Å². The number of aliphatic carboxylic acids is 1. The van der Waals surface area contributed by atoms with E-state index in [4.69, 9.17) is 9.84 Å². The maximum absolute atomic E-state index is 11.7.